The minimum Gasteiger partial charge on any atom is -0.384 e. The lowest BCUT2D eigenvalue weighted by molar-refractivity contribution is -0.384. The monoisotopic (exact) mass is 306 g/mol. The van der Waals surface area contributed by atoms with Crippen LogP contribution in [0.1, 0.15) is 31.0 Å². The van der Waals surface area contributed by atoms with Crippen LogP contribution in [0.25, 0.3) is 0 Å². The zero-order valence-corrected chi connectivity index (χ0v) is 12.8. The van der Waals surface area contributed by atoms with Crippen LogP contribution in [0.4, 0.5) is 5.69 Å². The third kappa shape index (κ3) is 3.87. The number of nitro benzene ring substituents is 1. The number of thiophene rings is 1. The van der Waals surface area contributed by atoms with Gasteiger partial charge in [0, 0.05) is 24.7 Å². The topological polar surface area (TPSA) is 75.4 Å². The molecular formula is C15H18N2O3S. The highest BCUT2D eigenvalue weighted by Crippen LogP contribution is 2.24. The summed E-state index contributed by atoms with van der Waals surface area (Å²) in [6, 6.07) is 8.33. The van der Waals surface area contributed by atoms with E-state index in [0.29, 0.717) is 6.54 Å². The van der Waals surface area contributed by atoms with Crippen molar-refractivity contribution in [2.24, 2.45) is 0 Å². The Hall–Kier alpha value is -1.76. The first-order valence-corrected chi connectivity index (χ1v) is 7.57. The van der Waals surface area contributed by atoms with Crippen LogP contribution < -0.4 is 5.32 Å². The van der Waals surface area contributed by atoms with Gasteiger partial charge in [0.1, 0.15) is 5.60 Å². The van der Waals surface area contributed by atoms with Gasteiger partial charge in [-0.25, -0.2) is 0 Å². The number of benzene rings is 1. The molecule has 1 aromatic carbocycles. The Kier molecular flexibility index (Phi) is 4.72. The third-order valence-electron chi connectivity index (χ3n) is 3.48. The first-order chi connectivity index (χ1) is 9.90. The van der Waals surface area contributed by atoms with Gasteiger partial charge < -0.3 is 10.4 Å². The van der Waals surface area contributed by atoms with Gasteiger partial charge >= 0.3 is 0 Å². The number of rotatable bonds is 6. The average molecular weight is 306 g/mol. The van der Waals surface area contributed by atoms with E-state index in [9.17, 15) is 15.2 Å². The molecule has 0 saturated carbocycles. The van der Waals surface area contributed by atoms with Crippen LogP contribution in [0.2, 0.25) is 0 Å². The van der Waals surface area contributed by atoms with E-state index in [4.69, 9.17) is 0 Å². The molecule has 0 bridgehead atoms. The van der Waals surface area contributed by atoms with Crippen LogP contribution in [-0.2, 0) is 5.60 Å². The number of nitrogens with one attached hydrogen (secondary N) is 1. The maximum atomic E-state index is 10.8. The van der Waals surface area contributed by atoms with Crippen LogP contribution >= 0.6 is 11.3 Å². The van der Waals surface area contributed by atoms with Gasteiger partial charge in [-0.05, 0) is 41.8 Å². The van der Waals surface area contributed by atoms with Gasteiger partial charge in [-0.2, -0.15) is 11.3 Å². The van der Waals surface area contributed by atoms with Crippen molar-refractivity contribution in [3.8, 4) is 0 Å². The van der Waals surface area contributed by atoms with Crippen molar-refractivity contribution < 1.29 is 10.0 Å². The summed E-state index contributed by atoms with van der Waals surface area (Å²) in [5, 5.41) is 28.3. The summed E-state index contributed by atoms with van der Waals surface area (Å²) in [6.07, 6.45) is 0. The summed E-state index contributed by atoms with van der Waals surface area (Å²) in [4.78, 5) is 10.4. The largest absolute Gasteiger partial charge is 0.384 e. The normalized spacial score (nSPS) is 15.4. The summed E-state index contributed by atoms with van der Waals surface area (Å²) in [6.45, 7) is 4.04. The molecule has 0 saturated heterocycles. The van der Waals surface area contributed by atoms with Crippen molar-refractivity contribution in [3.05, 3.63) is 62.3 Å². The summed E-state index contributed by atoms with van der Waals surface area (Å²) in [5.74, 6) is 0. The van der Waals surface area contributed by atoms with Gasteiger partial charge in [0.25, 0.3) is 5.69 Å². The highest BCUT2D eigenvalue weighted by atomic mass is 32.1. The number of hydrogen-bond acceptors (Lipinski definition) is 5. The van der Waals surface area contributed by atoms with E-state index >= 15 is 0 Å². The molecule has 2 N–H and O–H groups in total. The minimum atomic E-state index is -0.963. The van der Waals surface area contributed by atoms with E-state index in [1.807, 2.05) is 29.8 Å². The van der Waals surface area contributed by atoms with Crippen LogP contribution in [-0.4, -0.2) is 16.6 Å². The Balaban J connectivity index is 2.03. The maximum absolute atomic E-state index is 10.8. The van der Waals surface area contributed by atoms with Gasteiger partial charge in [-0.15, -0.1) is 0 Å². The van der Waals surface area contributed by atoms with Gasteiger partial charge in [0.2, 0.25) is 0 Å². The molecule has 0 aliphatic rings. The number of nitro groups is 1. The summed E-state index contributed by atoms with van der Waals surface area (Å²) in [7, 11) is 0. The SMILES string of the molecule is CC(NCC(C)(O)c1ccsc1)c1cccc([N+](=O)[O-])c1. The van der Waals surface area contributed by atoms with Crippen molar-refractivity contribution >= 4 is 17.0 Å². The zero-order valence-electron chi connectivity index (χ0n) is 11.9. The van der Waals surface area contributed by atoms with Crippen molar-refractivity contribution in [2.75, 3.05) is 6.54 Å². The van der Waals surface area contributed by atoms with E-state index in [2.05, 4.69) is 5.32 Å². The molecule has 1 heterocycles. The molecule has 112 valence electrons. The van der Waals surface area contributed by atoms with Crippen LogP contribution in [0.3, 0.4) is 0 Å². The van der Waals surface area contributed by atoms with Gasteiger partial charge in [-0.1, -0.05) is 12.1 Å². The lowest BCUT2D eigenvalue weighted by Gasteiger charge is -2.25. The number of non-ortho nitro benzene ring substituents is 1. The third-order valence-corrected chi connectivity index (χ3v) is 4.16. The first kappa shape index (κ1) is 15.6. The number of aliphatic hydroxyl groups is 1. The predicted octanol–water partition coefficient (Wildman–Crippen LogP) is 3.21. The standard InChI is InChI=1S/C15H18N2O3S/c1-11(12-4-3-5-14(8-12)17(19)20)16-10-15(2,18)13-6-7-21-9-13/h3-9,11,16,18H,10H2,1-2H3. The lowest BCUT2D eigenvalue weighted by atomic mass is 9.98. The quantitative estimate of drug-likeness (QED) is 0.634. The molecular weight excluding hydrogens is 288 g/mol. The molecule has 0 amide bonds. The molecule has 0 spiro atoms. The van der Waals surface area contributed by atoms with E-state index in [0.717, 1.165) is 11.1 Å². The molecule has 2 rings (SSSR count). The van der Waals surface area contributed by atoms with Gasteiger partial charge in [0.15, 0.2) is 0 Å². The summed E-state index contributed by atoms with van der Waals surface area (Å²) in [5.41, 5.74) is 0.803. The number of hydrogen-bond donors (Lipinski definition) is 2. The Labute approximate surface area is 127 Å². The van der Waals surface area contributed by atoms with Crippen molar-refractivity contribution in [1.29, 1.82) is 0 Å². The molecule has 5 nitrogen and oxygen atoms in total. The molecule has 1 aromatic heterocycles. The maximum Gasteiger partial charge on any atom is 0.269 e. The molecule has 2 atom stereocenters. The Morgan fingerprint density at radius 1 is 1.48 bits per heavy atom. The lowest BCUT2D eigenvalue weighted by Crippen LogP contribution is -2.36. The smallest absolute Gasteiger partial charge is 0.269 e. The molecule has 6 heteroatoms. The molecule has 2 unspecified atom stereocenters. The Morgan fingerprint density at radius 3 is 2.86 bits per heavy atom. The molecule has 0 aliphatic carbocycles. The van der Waals surface area contributed by atoms with Crippen LogP contribution in [0.15, 0.2) is 41.1 Å². The summed E-state index contributed by atoms with van der Waals surface area (Å²) >= 11 is 1.54. The van der Waals surface area contributed by atoms with Crippen molar-refractivity contribution in [2.45, 2.75) is 25.5 Å². The van der Waals surface area contributed by atoms with Gasteiger partial charge in [0.05, 0.1) is 4.92 Å². The highest BCUT2D eigenvalue weighted by Gasteiger charge is 2.24. The fourth-order valence-electron chi connectivity index (χ4n) is 2.05. The first-order valence-electron chi connectivity index (χ1n) is 6.63. The second kappa shape index (κ2) is 6.34. The van der Waals surface area contributed by atoms with Crippen LogP contribution in [0.5, 0.6) is 0 Å². The number of nitrogens with zero attached hydrogens (tertiary/aromatic N) is 1. The summed E-state index contributed by atoms with van der Waals surface area (Å²) < 4.78 is 0. The molecule has 21 heavy (non-hydrogen) atoms. The van der Waals surface area contributed by atoms with E-state index in [-0.39, 0.29) is 11.7 Å². The van der Waals surface area contributed by atoms with Crippen molar-refractivity contribution in [1.82, 2.24) is 5.32 Å². The van der Waals surface area contributed by atoms with Crippen molar-refractivity contribution in [3.63, 3.8) is 0 Å². The highest BCUT2D eigenvalue weighted by molar-refractivity contribution is 7.08. The average Bonchev–Trinajstić information content (AvgIpc) is 3.00. The van der Waals surface area contributed by atoms with E-state index in [1.165, 1.54) is 17.4 Å². The predicted molar refractivity (Wildman–Crippen MR) is 83.4 cm³/mol. The van der Waals surface area contributed by atoms with Gasteiger partial charge in [-0.3, -0.25) is 10.1 Å². The second-order valence-corrected chi connectivity index (χ2v) is 6.02. The zero-order chi connectivity index (χ0) is 15.5. The molecule has 0 fully saturated rings. The Morgan fingerprint density at radius 2 is 2.24 bits per heavy atom. The van der Waals surface area contributed by atoms with E-state index in [1.54, 1.807) is 19.1 Å². The second-order valence-electron chi connectivity index (χ2n) is 5.24. The minimum absolute atomic E-state index is 0.0748. The molecule has 0 radical (unpaired) electrons. The fraction of sp³-hybridized carbons (Fsp3) is 0.333. The Bertz CT molecular complexity index is 611. The molecule has 0 aliphatic heterocycles. The van der Waals surface area contributed by atoms with E-state index < -0.39 is 10.5 Å². The van der Waals surface area contributed by atoms with Crippen LogP contribution in [0, 0.1) is 10.1 Å². The molecule has 2 aromatic rings. The fourth-order valence-corrected chi connectivity index (χ4v) is 2.83.